The Morgan fingerprint density at radius 3 is 2.00 bits per heavy atom. The maximum atomic E-state index is 11.0. The van der Waals surface area contributed by atoms with E-state index in [-0.39, 0.29) is 18.9 Å². The van der Waals surface area contributed by atoms with Crippen LogP contribution in [0, 0.1) is 6.92 Å². The fraction of sp³-hybridized carbons (Fsp3) is 0.500. The van der Waals surface area contributed by atoms with Crippen molar-refractivity contribution in [3.05, 3.63) is 29.8 Å². The minimum Gasteiger partial charge on any atom is -0.396 e. The minimum atomic E-state index is -0.161. The molecular weight excluding hydrogens is 214 g/mol. The van der Waals surface area contributed by atoms with Crippen molar-refractivity contribution < 1.29 is 9.90 Å². The summed E-state index contributed by atoms with van der Waals surface area (Å²) in [6, 6.07) is 7.53. The standard InChI is InChI=1S/C10H13NO2.2C2H6/c1-8-2-4-9(5-3-8)11-10(13)6-7-12;2*1-2/h2-5,12H,6-7H2,1H3,(H,11,13);2*1-2H3. The van der Waals surface area contributed by atoms with E-state index in [4.69, 9.17) is 5.11 Å². The molecule has 3 heteroatoms. The lowest BCUT2D eigenvalue weighted by Crippen LogP contribution is -2.12. The fourth-order valence-electron chi connectivity index (χ4n) is 0.962. The van der Waals surface area contributed by atoms with Crippen LogP contribution >= 0.6 is 0 Å². The monoisotopic (exact) mass is 239 g/mol. The Bertz CT molecular complexity index is 281. The van der Waals surface area contributed by atoms with Crippen molar-refractivity contribution in [1.29, 1.82) is 0 Å². The number of hydrogen-bond acceptors (Lipinski definition) is 2. The number of aliphatic hydroxyl groups is 1. The van der Waals surface area contributed by atoms with E-state index in [1.54, 1.807) is 0 Å². The van der Waals surface area contributed by atoms with Gasteiger partial charge in [0, 0.05) is 5.69 Å². The van der Waals surface area contributed by atoms with E-state index in [0.29, 0.717) is 0 Å². The average Bonchev–Trinajstić information content (AvgIpc) is 2.37. The lowest BCUT2D eigenvalue weighted by Gasteiger charge is -2.03. The molecule has 0 bridgehead atoms. The molecule has 0 heterocycles. The maximum absolute atomic E-state index is 11.0. The van der Waals surface area contributed by atoms with Crippen LogP contribution in [0.15, 0.2) is 24.3 Å². The van der Waals surface area contributed by atoms with Crippen LogP contribution in [-0.2, 0) is 4.79 Å². The van der Waals surface area contributed by atoms with Crippen molar-refractivity contribution in [2.24, 2.45) is 0 Å². The van der Waals surface area contributed by atoms with Gasteiger partial charge in [-0.1, -0.05) is 45.4 Å². The highest BCUT2D eigenvalue weighted by Crippen LogP contribution is 2.08. The van der Waals surface area contributed by atoms with Crippen molar-refractivity contribution >= 4 is 11.6 Å². The molecule has 0 atom stereocenters. The van der Waals surface area contributed by atoms with Crippen LogP contribution in [0.3, 0.4) is 0 Å². The second-order valence-corrected chi connectivity index (χ2v) is 2.89. The first-order chi connectivity index (χ1) is 8.22. The Labute approximate surface area is 105 Å². The zero-order valence-electron chi connectivity index (χ0n) is 11.6. The van der Waals surface area contributed by atoms with Crippen LogP contribution < -0.4 is 5.32 Å². The molecule has 17 heavy (non-hydrogen) atoms. The van der Waals surface area contributed by atoms with E-state index in [9.17, 15) is 4.79 Å². The molecule has 1 aromatic rings. The van der Waals surface area contributed by atoms with Gasteiger partial charge < -0.3 is 10.4 Å². The number of nitrogens with one attached hydrogen (secondary N) is 1. The van der Waals surface area contributed by atoms with Crippen molar-refractivity contribution in [2.75, 3.05) is 11.9 Å². The number of carbonyl (C=O) groups is 1. The summed E-state index contributed by atoms with van der Waals surface area (Å²) < 4.78 is 0. The summed E-state index contributed by atoms with van der Waals surface area (Å²) in [6.45, 7) is 9.87. The van der Waals surface area contributed by atoms with Gasteiger partial charge in [-0.25, -0.2) is 0 Å². The van der Waals surface area contributed by atoms with Crippen LogP contribution in [0.5, 0.6) is 0 Å². The maximum Gasteiger partial charge on any atom is 0.226 e. The molecule has 0 fully saturated rings. The van der Waals surface area contributed by atoms with E-state index in [2.05, 4.69) is 5.32 Å². The van der Waals surface area contributed by atoms with Gasteiger partial charge in [0.2, 0.25) is 5.91 Å². The van der Waals surface area contributed by atoms with Crippen LogP contribution in [-0.4, -0.2) is 17.6 Å². The molecule has 3 nitrogen and oxygen atoms in total. The molecule has 2 N–H and O–H groups in total. The predicted molar refractivity (Wildman–Crippen MR) is 74.2 cm³/mol. The smallest absolute Gasteiger partial charge is 0.226 e. The normalized spacial score (nSPS) is 8.12. The lowest BCUT2D eigenvalue weighted by atomic mass is 10.2. The number of benzene rings is 1. The van der Waals surface area contributed by atoms with E-state index in [1.807, 2.05) is 58.9 Å². The third-order valence-corrected chi connectivity index (χ3v) is 1.67. The van der Waals surface area contributed by atoms with Gasteiger partial charge in [-0.3, -0.25) is 4.79 Å². The quantitative estimate of drug-likeness (QED) is 0.849. The Hall–Kier alpha value is -1.35. The summed E-state index contributed by atoms with van der Waals surface area (Å²) in [7, 11) is 0. The summed E-state index contributed by atoms with van der Waals surface area (Å²) in [4.78, 5) is 11.0. The average molecular weight is 239 g/mol. The van der Waals surface area contributed by atoms with E-state index < -0.39 is 0 Å². The first-order valence-corrected chi connectivity index (χ1v) is 6.20. The molecule has 0 aliphatic carbocycles. The molecule has 0 saturated heterocycles. The van der Waals surface area contributed by atoms with Gasteiger partial charge in [-0.2, -0.15) is 0 Å². The summed E-state index contributed by atoms with van der Waals surface area (Å²) in [5, 5.41) is 11.2. The van der Waals surface area contributed by atoms with Crippen molar-refractivity contribution in [1.82, 2.24) is 0 Å². The third kappa shape index (κ3) is 9.57. The first kappa shape index (κ1) is 18.0. The Morgan fingerprint density at radius 2 is 1.59 bits per heavy atom. The largest absolute Gasteiger partial charge is 0.396 e. The molecule has 98 valence electrons. The third-order valence-electron chi connectivity index (χ3n) is 1.67. The van der Waals surface area contributed by atoms with Gasteiger partial charge in [0.25, 0.3) is 0 Å². The van der Waals surface area contributed by atoms with Gasteiger partial charge in [-0.15, -0.1) is 0 Å². The number of aliphatic hydroxyl groups excluding tert-OH is 1. The number of rotatable bonds is 3. The van der Waals surface area contributed by atoms with Gasteiger partial charge in [-0.05, 0) is 19.1 Å². The number of carbonyl (C=O) groups excluding carboxylic acids is 1. The van der Waals surface area contributed by atoms with Crippen molar-refractivity contribution in [2.45, 2.75) is 41.0 Å². The Morgan fingerprint density at radius 1 is 1.12 bits per heavy atom. The summed E-state index contributed by atoms with van der Waals surface area (Å²) >= 11 is 0. The number of aryl methyl sites for hydroxylation is 1. The molecule has 1 aromatic carbocycles. The topological polar surface area (TPSA) is 49.3 Å². The van der Waals surface area contributed by atoms with Crippen LogP contribution in [0.2, 0.25) is 0 Å². The summed E-state index contributed by atoms with van der Waals surface area (Å²) in [6.07, 6.45) is 0.147. The summed E-state index contributed by atoms with van der Waals surface area (Å²) in [5.74, 6) is -0.161. The van der Waals surface area contributed by atoms with Crippen LogP contribution in [0.1, 0.15) is 39.7 Å². The van der Waals surface area contributed by atoms with Gasteiger partial charge in [0.1, 0.15) is 0 Å². The van der Waals surface area contributed by atoms with Gasteiger partial charge in [0.05, 0.1) is 13.0 Å². The van der Waals surface area contributed by atoms with E-state index in [0.717, 1.165) is 11.3 Å². The zero-order valence-corrected chi connectivity index (χ0v) is 11.6. The Balaban J connectivity index is 0. The lowest BCUT2D eigenvalue weighted by molar-refractivity contribution is -0.116. The second kappa shape index (κ2) is 12.7. The molecule has 1 rings (SSSR count). The fourth-order valence-corrected chi connectivity index (χ4v) is 0.962. The molecule has 0 aliphatic rings. The highest BCUT2D eigenvalue weighted by molar-refractivity contribution is 5.90. The minimum absolute atomic E-state index is 0.113. The molecule has 0 aromatic heterocycles. The SMILES string of the molecule is CC.CC.Cc1ccc(NC(=O)CCO)cc1. The molecule has 0 radical (unpaired) electrons. The van der Waals surface area contributed by atoms with Crippen molar-refractivity contribution in [3.8, 4) is 0 Å². The molecule has 0 unspecified atom stereocenters. The van der Waals surface area contributed by atoms with Crippen molar-refractivity contribution in [3.63, 3.8) is 0 Å². The molecule has 1 amide bonds. The highest BCUT2D eigenvalue weighted by atomic mass is 16.3. The second-order valence-electron chi connectivity index (χ2n) is 2.89. The molecule has 0 spiro atoms. The van der Waals surface area contributed by atoms with E-state index in [1.165, 1.54) is 0 Å². The number of anilines is 1. The number of hydrogen-bond donors (Lipinski definition) is 2. The highest BCUT2D eigenvalue weighted by Gasteiger charge is 1.99. The van der Waals surface area contributed by atoms with Gasteiger partial charge in [0.15, 0.2) is 0 Å². The van der Waals surface area contributed by atoms with Crippen LogP contribution in [0.25, 0.3) is 0 Å². The van der Waals surface area contributed by atoms with Crippen LogP contribution in [0.4, 0.5) is 5.69 Å². The predicted octanol–water partition coefficient (Wildman–Crippen LogP) is 3.37. The Kier molecular flexibility index (Phi) is 13.5. The molecule has 0 saturated carbocycles. The summed E-state index contributed by atoms with van der Waals surface area (Å²) in [5.41, 5.74) is 1.92. The molecule has 0 aliphatic heterocycles. The zero-order chi connectivity index (χ0) is 13.7. The van der Waals surface area contributed by atoms with Gasteiger partial charge >= 0.3 is 0 Å². The first-order valence-electron chi connectivity index (χ1n) is 6.20. The number of amides is 1. The van der Waals surface area contributed by atoms with E-state index >= 15 is 0 Å². The molecular formula is C14H25NO2.